The number of allylic oxidation sites excluding steroid dienone is 1. The van der Waals surface area contributed by atoms with Crippen LogP contribution in [0.2, 0.25) is 0 Å². The molecule has 1 spiro atoms. The molecule has 0 aromatic heterocycles. The molecule has 6 nitrogen and oxygen atoms in total. The Bertz CT molecular complexity index is 1290. The average molecular weight is 572 g/mol. The molecule has 0 saturated carbocycles. The van der Waals surface area contributed by atoms with Crippen molar-refractivity contribution in [2.75, 3.05) is 38.3 Å². The number of halogens is 3. The Balaban J connectivity index is 1.68. The number of ether oxygens (including phenoxy) is 1. The normalized spacial score (nSPS) is 22.6. The molecule has 2 saturated heterocycles. The van der Waals surface area contributed by atoms with Gasteiger partial charge in [0, 0.05) is 38.0 Å². The Morgan fingerprint density at radius 1 is 1.29 bits per heavy atom. The Morgan fingerprint density at radius 3 is 2.61 bits per heavy atom. The van der Waals surface area contributed by atoms with E-state index in [2.05, 4.69) is 38.9 Å². The van der Waals surface area contributed by atoms with Gasteiger partial charge in [-0.15, -0.1) is 0 Å². The van der Waals surface area contributed by atoms with Crippen molar-refractivity contribution in [1.82, 2.24) is 10.2 Å². The van der Waals surface area contributed by atoms with Gasteiger partial charge in [-0.05, 0) is 67.5 Å². The zero-order chi connectivity index (χ0) is 29.9. The van der Waals surface area contributed by atoms with Gasteiger partial charge in [0.25, 0.3) is 0 Å². The summed E-state index contributed by atoms with van der Waals surface area (Å²) in [7, 11) is 1.61. The van der Waals surface area contributed by atoms with Crippen LogP contribution in [-0.2, 0) is 4.79 Å². The lowest BCUT2D eigenvalue weighted by atomic mass is 9.68. The van der Waals surface area contributed by atoms with Crippen molar-refractivity contribution in [2.45, 2.75) is 52.0 Å². The van der Waals surface area contributed by atoms with Crippen LogP contribution in [0.5, 0.6) is 5.75 Å². The number of anilines is 1. The molecule has 41 heavy (non-hydrogen) atoms. The molecule has 0 radical (unpaired) electrons. The average Bonchev–Trinajstić information content (AvgIpc) is 3.40. The van der Waals surface area contributed by atoms with Gasteiger partial charge in [0.1, 0.15) is 5.75 Å². The summed E-state index contributed by atoms with van der Waals surface area (Å²) in [6, 6.07) is 6.63. The summed E-state index contributed by atoms with van der Waals surface area (Å²) in [5.74, 6) is -3.63. The fraction of sp³-hybridized carbons (Fsp3) is 0.469. The second-order valence-corrected chi connectivity index (χ2v) is 11.1. The highest BCUT2D eigenvalue weighted by molar-refractivity contribution is 5.86. The van der Waals surface area contributed by atoms with Crippen LogP contribution in [0.15, 0.2) is 54.9 Å². The zero-order valence-corrected chi connectivity index (χ0v) is 24.2. The molecule has 2 aliphatic heterocycles. The van der Waals surface area contributed by atoms with Crippen LogP contribution < -0.4 is 15.0 Å². The Hall–Kier alpha value is -3.30. The summed E-state index contributed by atoms with van der Waals surface area (Å²) in [6.07, 6.45) is 6.07. The molecule has 2 fully saturated rings. The van der Waals surface area contributed by atoms with Crippen molar-refractivity contribution < 1.29 is 27.8 Å². The largest absolute Gasteiger partial charge is 0.495 e. The zero-order valence-electron chi connectivity index (χ0n) is 24.2. The Kier molecular flexibility index (Phi) is 9.49. The highest BCUT2D eigenvalue weighted by atomic mass is 19.2. The van der Waals surface area contributed by atoms with Crippen LogP contribution in [0.3, 0.4) is 0 Å². The number of carbonyl (C=O) groups is 1. The summed E-state index contributed by atoms with van der Waals surface area (Å²) in [5.41, 5.74) is 2.17. The Labute approximate surface area is 240 Å². The van der Waals surface area contributed by atoms with Crippen LogP contribution in [-0.4, -0.2) is 49.3 Å². The number of likely N-dealkylation sites (tertiary alicyclic amines) is 1. The number of hydrogen-bond donors (Lipinski definition) is 2. The van der Waals surface area contributed by atoms with E-state index in [1.54, 1.807) is 13.3 Å². The van der Waals surface area contributed by atoms with Crippen molar-refractivity contribution in [3.05, 3.63) is 83.5 Å². The van der Waals surface area contributed by atoms with Gasteiger partial charge in [-0.3, -0.25) is 4.79 Å². The van der Waals surface area contributed by atoms with Gasteiger partial charge < -0.3 is 25.0 Å². The van der Waals surface area contributed by atoms with Crippen molar-refractivity contribution in [1.29, 1.82) is 0 Å². The summed E-state index contributed by atoms with van der Waals surface area (Å²) in [5, 5.41) is 13.6. The lowest BCUT2D eigenvalue weighted by Gasteiger charge is -2.45. The molecule has 4 atom stereocenters. The minimum absolute atomic E-state index is 0.0214. The van der Waals surface area contributed by atoms with Gasteiger partial charge in [-0.1, -0.05) is 32.1 Å². The third-order valence-corrected chi connectivity index (χ3v) is 8.92. The summed E-state index contributed by atoms with van der Waals surface area (Å²) in [4.78, 5) is 17.6. The first kappa shape index (κ1) is 30.7. The predicted molar refractivity (Wildman–Crippen MR) is 154 cm³/mol. The molecule has 4 unspecified atom stereocenters. The van der Waals surface area contributed by atoms with Crippen LogP contribution in [0.1, 0.15) is 63.1 Å². The third kappa shape index (κ3) is 5.75. The first-order valence-electron chi connectivity index (χ1n) is 14.2. The van der Waals surface area contributed by atoms with Crippen molar-refractivity contribution in [3.8, 4) is 5.75 Å². The van der Waals surface area contributed by atoms with Gasteiger partial charge in [-0.25, -0.2) is 13.2 Å². The summed E-state index contributed by atoms with van der Waals surface area (Å²) < 4.78 is 47.5. The van der Waals surface area contributed by atoms with E-state index in [0.717, 1.165) is 29.8 Å². The van der Waals surface area contributed by atoms with Gasteiger partial charge in [0.2, 0.25) is 5.91 Å². The van der Waals surface area contributed by atoms with Gasteiger partial charge >= 0.3 is 0 Å². The molecule has 2 N–H and O–H groups in total. The number of aliphatic hydroxyl groups is 1. The number of amides is 1. The molecule has 222 valence electrons. The molecule has 0 aliphatic carbocycles. The lowest BCUT2D eigenvalue weighted by Crippen LogP contribution is -2.53. The van der Waals surface area contributed by atoms with E-state index in [-0.39, 0.29) is 17.4 Å². The van der Waals surface area contributed by atoms with Crippen molar-refractivity contribution in [3.63, 3.8) is 0 Å². The highest BCUT2D eigenvalue weighted by Crippen LogP contribution is 2.49. The van der Waals surface area contributed by atoms with Gasteiger partial charge in [0.15, 0.2) is 17.5 Å². The number of aliphatic hydroxyl groups excluding tert-OH is 1. The summed E-state index contributed by atoms with van der Waals surface area (Å²) in [6.45, 7) is 11.1. The molecule has 2 aromatic carbocycles. The minimum Gasteiger partial charge on any atom is -0.495 e. The maximum Gasteiger partial charge on any atom is 0.231 e. The van der Waals surface area contributed by atoms with E-state index in [9.17, 15) is 23.1 Å². The van der Waals surface area contributed by atoms with E-state index in [0.29, 0.717) is 44.1 Å². The number of carbonyl (C=O) groups excluding carboxylic acids is 1. The fourth-order valence-corrected chi connectivity index (χ4v) is 6.20. The molecule has 4 rings (SSSR count). The number of hydrogen-bond acceptors (Lipinski definition) is 5. The second-order valence-electron chi connectivity index (χ2n) is 11.1. The maximum absolute atomic E-state index is 14.2. The molecule has 0 bridgehead atoms. The van der Waals surface area contributed by atoms with Crippen LogP contribution in [0.25, 0.3) is 0 Å². The van der Waals surface area contributed by atoms with Crippen LogP contribution in [0, 0.1) is 28.8 Å². The van der Waals surface area contributed by atoms with E-state index in [1.165, 1.54) is 10.5 Å². The van der Waals surface area contributed by atoms with Crippen LogP contribution >= 0.6 is 0 Å². The van der Waals surface area contributed by atoms with Crippen molar-refractivity contribution in [2.24, 2.45) is 11.3 Å². The number of piperidine rings is 1. The lowest BCUT2D eigenvalue weighted by molar-refractivity contribution is -0.150. The standard InChI is InChI=1S/C32H40F3N3O3/c1-6-20(3)21(4)17-37(7-2)27-10-9-22(15-29(27)41-5)24-16-36-19-32(24)11-8-12-38(31(32)40)28(18-39)23-13-25(33)30(35)26(34)14-23/h7,9-10,13-15,17,20,24,28,36,39H,2,6,8,11-12,16,18-19H2,1,3-5H3/b21-17-. The third-order valence-electron chi connectivity index (χ3n) is 8.92. The molecule has 9 heteroatoms. The van der Waals surface area contributed by atoms with E-state index < -0.39 is 35.5 Å². The smallest absolute Gasteiger partial charge is 0.231 e. The fourth-order valence-electron chi connectivity index (χ4n) is 6.20. The number of nitrogens with one attached hydrogen (secondary N) is 1. The van der Waals surface area contributed by atoms with E-state index in [4.69, 9.17) is 4.74 Å². The first-order chi connectivity index (χ1) is 19.6. The topological polar surface area (TPSA) is 65.0 Å². The van der Waals surface area contributed by atoms with E-state index >= 15 is 0 Å². The highest BCUT2D eigenvalue weighted by Gasteiger charge is 2.54. The summed E-state index contributed by atoms with van der Waals surface area (Å²) >= 11 is 0. The number of methoxy groups -OCH3 is 1. The second kappa shape index (κ2) is 12.7. The van der Waals surface area contributed by atoms with Crippen LogP contribution in [0.4, 0.5) is 18.9 Å². The number of benzene rings is 2. The molecule has 1 amide bonds. The first-order valence-corrected chi connectivity index (χ1v) is 14.2. The minimum atomic E-state index is -1.58. The quantitative estimate of drug-likeness (QED) is 0.341. The number of rotatable bonds is 10. The maximum atomic E-state index is 14.2. The van der Waals surface area contributed by atoms with E-state index in [1.807, 2.05) is 23.1 Å². The Morgan fingerprint density at radius 2 is 2.00 bits per heavy atom. The molecule has 2 aliphatic rings. The van der Waals surface area contributed by atoms with Crippen molar-refractivity contribution >= 4 is 11.6 Å². The monoisotopic (exact) mass is 571 g/mol. The van der Waals surface area contributed by atoms with Gasteiger partial charge in [0.05, 0.1) is 30.9 Å². The molecular formula is C32H40F3N3O3. The predicted octanol–water partition coefficient (Wildman–Crippen LogP) is 6.04. The molecular weight excluding hydrogens is 531 g/mol. The van der Waals surface area contributed by atoms with Gasteiger partial charge in [-0.2, -0.15) is 0 Å². The number of nitrogens with zero attached hydrogens (tertiary/aromatic N) is 2. The SMILES string of the molecule is C=CN(/C=C(/C)C(C)CC)c1ccc(C2CNCC23CCCN(C(CO)c2cc(F)c(F)c(F)c2)C3=O)cc1OC. The molecule has 2 heterocycles. The molecule has 2 aromatic rings.